The van der Waals surface area contributed by atoms with E-state index in [2.05, 4.69) is 15.0 Å². The van der Waals surface area contributed by atoms with Crippen molar-refractivity contribution < 1.29 is 18.3 Å². The lowest BCUT2D eigenvalue weighted by atomic mass is 10.1. The van der Waals surface area contributed by atoms with Gasteiger partial charge in [0, 0.05) is 66.6 Å². The number of nitrogens with zero attached hydrogens (tertiary/aromatic N) is 3. The molecule has 10 nitrogen and oxygen atoms in total. The molecule has 3 aromatic heterocycles. The zero-order valence-electron chi connectivity index (χ0n) is 22.9. The van der Waals surface area contributed by atoms with Gasteiger partial charge in [-0.05, 0) is 36.9 Å². The monoisotopic (exact) mass is 617 g/mol. The summed E-state index contributed by atoms with van der Waals surface area (Å²) in [6.07, 6.45) is 3.40. The summed E-state index contributed by atoms with van der Waals surface area (Å²) in [5.74, 6) is -0.296. The molecule has 0 fully saturated rings. The van der Waals surface area contributed by atoms with Crippen LogP contribution in [0.25, 0.3) is 10.2 Å². The van der Waals surface area contributed by atoms with E-state index in [1.165, 1.54) is 11.3 Å². The number of aromatic nitrogens is 2. The van der Waals surface area contributed by atoms with Crippen LogP contribution in [-0.2, 0) is 47.9 Å². The van der Waals surface area contributed by atoms with Crippen LogP contribution >= 0.6 is 22.9 Å². The number of aryl methyl sites for hydroxylation is 1. The number of pyridine rings is 2. The molecule has 4 aromatic rings. The highest BCUT2D eigenvalue weighted by molar-refractivity contribution is 7.88. The molecule has 0 aliphatic rings. The third-order valence-corrected chi connectivity index (χ3v) is 8.58. The van der Waals surface area contributed by atoms with E-state index >= 15 is 0 Å². The number of carbonyl (C=O) groups excluding carboxylic acids is 1. The number of likely N-dealkylation sites (N-methyl/N-ethyl adjacent to an activating group) is 1. The maximum absolute atomic E-state index is 13.5. The SMILES string of the molecule is CN(Cc1sc2c(=O)c(CC(=O)NCc3ccc(Cl)cc3)cn(C)c2c1CNS(C)(=O)=O)C[C@@H](O)c1ccccn1. The second-order valence-electron chi connectivity index (χ2n) is 9.92. The fraction of sp³-hybridized carbons (Fsp3) is 0.321. The first kappa shape index (κ1) is 30.8. The number of aliphatic hydroxyl groups is 1. The molecule has 0 saturated heterocycles. The first-order valence-electron chi connectivity index (χ1n) is 12.8. The number of benzene rings is 1. The Hall–Kier alpha value is -3.13. The fourth-order valence-electron chi connectivity index (χ4n) is 4.48. The fourth-order valence-corrected chi connectivity index (χ4v) is 6.42. The third kappa shape index (κ3) is 8.22. The average Bonchev–Trinajstić information content (AvgIpc) is 3.28. The molecular formula is C28H32ClN5O5S2. The molecule has 4 rings (SSSR count). The predicted octanol–water partition coefficient (Wildman–Crippen LogP) is 2.72. The Labute approximate surface area is 247 Å². The van der Waals surface area contributed by atoms with Crippen LogP contribution in [0.3, 0.4) is 0 Å². The molecule has 0 aliphatic heterocycles. The van der Waals surface area contributed by atoms with Gasteiger partial charge in [-0.25, -0.2) is 13.1 Å². The van der Waals surface area contributed by atoms with Crippen molar-refractivity contribution in [1.29, 1.82) is 0 Å². The van der Waals surface area contributed by atoms with Crippen LogP contribution in [0.1, 0.15) is 33.4 Å². The van der Waals surface area contributed by atoms with Crippen LogP contribution in [0.2, 0.25) is 5.02 Å². The molecule has 218 valence electrons. The summed E-state index contributed by atoms with van der Waals surface area (Å²) in [6.45, 7) is 0.943. The summed E-state index contributed by atoms with van der Waals surface area (Å²) in [7, 11) is 0.0992. The summed E-state index contributed by atoms with van der Waals surface area (Å²) in [4.78, 5) is 33.1. The molecule has 0 aliphatic carbocycles. The number of carbonyl (C=O) groups is 1. The van der Waals surface area contributed by atoms with Gasteiger partial charge in [-0.1, -0.05) is 29.8 Å². The largest absolute Gasteiger partial charge is 0.385 e. The molecule has 0 saturated carbocycles. The molecule has 0 bridgehead atoms. The van der Waals surface area contributed by atoms with Gasteiger partial charge in [-0.2, -0.15) is 0 Å². The minimum Gasteiger partial charge on any atom is -0.385 e. The van der Waals surface area contributed by atoms with Crippen LogP contribution in [-0.4, -0.2) is 53.7 Å². The van der Waals surface area contributed by atoms with Crippen LogP contribution in [0, 0.1) is 0 Å². The highest BCUT2D eigenvalue weighted by atomic mass is 35.5. The molecule has 1 amide bonds. The Morgan fingerprint density at radius 2 is 1.93 bits per heavy atom. The van der Waals surface area contributed by atoms with Crippen LogP contribution in [0.15, 0.2) is 59.7 Å². The Balaban J connectivity index is 1.59. The minimum absolute atomic E-state index is 0.000986. The topological polar surface area (TPSA) is 134 Å². The number of fused-ring (bicyclic) bond motifs is 1. The lowest BCUT2D eigenvalue weighted by Gasteiger charge is -2.20. The maximum atomic E-state index is 13.5. The number of thiophene rings is 1. The smallest absolute Gasteiger partial charge is 0.224 e. The summed E-state index contributed by atoms with van der Waals surface area (Å²) in [5, 5.41) is 14.1. The second-order valence-corrected chi connectivity index (χ2v) is 13.3. The number of aliphatic hydroxyl groups excluding tert-OH is 1. The molecule has 1 atom stereocenters. The van der Waals surface area contributed by atoms with Gasteiger partial charge < -0.3 is 15.0 Å². The Morgan fingerprint density at radius 3 is 2.59 bits per heavy atom. The molecule has 13 heteroatoms. The lowest BCUT2D eigenvalue weighted by Crippen LogP contribution is -2.27. The number of hydrogen-bond donors (Lipinski definition) is 3. The molecule has 0 radical (unpaired) electrons. The van der Waals surface area contributed by atoms with Crippen molar-refractivity contribution in [3.63, 3.8) is 0 Å². The van der Waals surface area contributed by atoms with Crippen molar-refractivity contribution in [3.8, 4) is 0 Å². The van der Waals surface area contributed by atoms with Gasteiger partial charge in [0.05, 0.1) is 28.6 Å². The van der Waals surface area contributed by atoms with E-state index in [1.807, 2.05) is 24.1 Å². The molecule has 1 aromatic carbocycles. The van der Waals surface area contributed by atoms with Crippen molar-refractivity contribution in [3.05, 3.63) is 97.4 Å². The summed E-state index contributed by atoms with van der Waals surface area (Å²) < 4.78 is 28.6. The van der Waals surface area contributed by atoms with E-state index in [-0.39, 0.29) is 30.8 Å². The summed E-state index contributed by atoms with van der Waals surface area (Å²) >= 11 is 7.19. The van der Waals surface area contributed by atoms with E-state index in [0.29, 0.717) is 45.1 Å². The van der Waals surface area contributed by atoms with E-state index in [4.69, 9.17) is 11.6 Å². The Morgan fingerprint density at radius 1 is 1.20 bits per heavy atom. The molecule has 3 N–H and O–H groups in total. The lowest BCUT2D eigenvalue weighted by molar-refractivity contribution is -0.120. The molecule has 41 heavy (non-hydrogen) atoms. The van der Waals surface area contributed by atoms with Crippen molar-refractivity contribution >= 4 is 49.1 Å². The average molecular weight is 618 g/mol. The van der Waals surface area contributed by atoms with Gasteiger partial charge in [0.15, 0.2) is 0 Å². The van der Waals surface area contributed by atoms with E-state index in [1.54, 1.807) is 54.3 Å². The number of amides is 1. The normalized spacial score (nSPS) is 12.6. The molecular weight excluding hydrogens is 586 g/mol. The minimum atomic E-state index is -3.50. The predicted molar refractivity (Wildman–Crippen MR) is 161 cm³/mol. The van der Waals surface area contributed by atoms with Crippen LogP contribution in [0.5, 0.6) is 0 Å². The number of rotatable bonds is 12. The van der Waals surface area contributed by atoms with Gasteiger partial charge in [-0.3, -0.25) is 19.5 Å². The van der Waals surface area contributed by atoms with Crippen molar-refractivity contribution in [2.24, 2.45) is 7.05 Å². The summed E-state index contributed by atoms with van der Waals surface area (Å²) in [6, 6.07) is 12.4. The van der Waals surface area contributed by atoms with Crippen molar-refractivity contribution in [1.82, 2.24) is 24.5 Å². The summed E-state index contributed by atoms with van der Waals surface area (Å²) in [5.41, 5.74) is 2.77. The number of sulfonamides is 1. The molecule has 0 spiro atoms. The van der Waals surface area contributed by atoms with Crippen molar-refractivity contribution in [2.45, 2.75) is 32.2 Å². The Bertz CT molecular complexity index is 1690. The molecule has 3 heterocycles. The first-order valence-corrected chi connectivity index (χ1v) is 15.9. The van der Waals surface area contributed by atoms with Crippen LogP contribution in [0.4, 0.5) is 0 Å². The Kier molecular flexibility index (Phi) is 9.95. The van der Waals surface area contributed by atoms with Gasteiger partial charge in [0.1, 0.15) is 6.10 Å². The highest BCUT2D eigenvalue weighted by Crippen LogP contribution is 2.31. The maximum Gasteiger partial charge on any atom is 0.224 e. The number of hydrogen-bond acceptors (Lipinski definition) is 8. The zero-order valence-corrected chi connectivity index (χ0v) is 25.3. The van der Waals surface area contributed by atoms with Crippen molar-refractivity contribution in [2.75, 3.05) is 19.8 Å². The number of halogens is 1. The molecule has 0 unspecified atom stereocenters. The van der Waals surface area contributed by atoms with Crippen LogP contribution < -0.4 is 15.5 Å². The quantitative estimate of drug-likeness (QED) is 0.223. The van der Waals surface area contributed by atoms with E-state index in [0.717, 1.165) is 16.7 Å². The third-order valence-electron chi connectivity index (χ3n) is 6.46. The number of nitrogens with one attached hydrogen (secondary N) is 2. The van der Waals surface area contributed by atoms with E-state index in [9.17, 15) is 23.1 Å². The van der Waals surface area contributed by atoms with Gasteiger partial charge >= 0.3 is 0 Å². The van der Waals surface area contributed by atoms with E-state index < -0.39 is 16.1 Å². The standard InChI is InChI=1S/C28H32ClN5O5S2/c1-33(16-23(35)22-6-4-5-11-30-22)17-24-21(14-32-41(3,38)39)26-28(40-24)27(37)19(15-34(26)2)12-25(36)31-13-18-7-9-20(29)10-8-18/h4-11,15,23,32,35H,12-14,16-17H2,1-3H3,(H,31,36)/t23-/m1/s1. The first-order chi connectivity index (χ1) is 19.4. The highest BCUT2D eigenvalue weighted by Gasteiger charge is 2.22. The zero-order chi connectivity index (χ0) is 29.7. The second kappa shape index (κ2) is 13.2. The van der Waals surface area contributed by atoms with Gasteiger partial charge in [0.25, 0.3) is 0 Å². The van der Waals surface area contributed by atoms with Gasteiger partial charge in [-0.15, -0.1) is 11.3 Å². The van der Waals surface area contributed by atoms with Gasteiger partial charge in [0.2, 0.25) is 21.4 Å².